The fourth-order valence-corrected chi connectivity index (χ4v) is 1.72. The number of carbonyl (C=O) groups excluding carboxylic acids is 1. The normalized spacial score (nSPS) is 11.8. The molecule has 0 fully saturated rings. The zero-order chi connectivity index (χ0) is 16.8. The summed E-state index contributed by atoms with van der Waals surface area (Å²) in [4.78, 5) is 27.8. The Balaban J connectivity index is 2.23. The van der Waals surface area contributed by atoms with Gasteiger partial charge in [0.25, 0.3) is 17.9 Å². The minimum absolute atomic E-state index is 0.0568. The quantitative estimate of drug-likeness (QED) is 0.388. The van der Waals surface area contributed by atoms with Gasteiger partial charge >= 0.3 is 0 Å². The number of ether oxygens (including phenoxy) is 1. The first-order chi connectivity index (χ1) is 11.0. The molecule has 0 bridgehead atoms. The molecule has 1 amide bonds. The van der Waals surface area contributed by atoms with Gasteiger partial charge in [0.2, 0.25) is 5.75 Å². The van der Waals surface area contributed by atoms with Crippen molar-refractivity contribution in [2.45, 2.75) is 13.1 Å². The summed E-state index contributed by atoms with van der Waals surface area (Å²) in [5.41, 5.74) is 3.45. The first-order valence-corrected chi connectivity index (χ1v) is 6.59. The van der Waals surface area contributed by atoms with Crippen LogP contribution in [0.3, 0.4) is 0 Å². The van der Waals surface area contributed by atoms with E-state index in [1.807, 2.05) is 11.5 Å². The van der Waals surface area contributed by atoms with Gasteiger partial charge < -0.3 is 9.84 Å². The molecule has 1 unspecified atom stereocenters. The maximum absolute atomic E-state index is 12.3. The number of rotatable bonds is 6. The molecule has 122 valence electrons. The molecule has 1 aromatic heterocycles. The minimum atomic E-state index is -2.45. The second-order valence-electron chi connectivity index (χ2n) is 4.55. The van der Waals surface area contributed by atoms with Crippen LogP contribution in [-0.2, 0) is 13.7 Å². The van der Waals surface area contributed by atoms with E-state index in [9.17, 15) is 14.0 Å². The summed E-state index contributed by atoms with van der Waals surface area (Å²) >= 11 is 0. The molecule has 0 aliphatic carbocycles. The van der Waals surface area contributed by atoms with Gasteiger partial charge in [0.1, 0.15) is 6.61 Å². The van der Waals surface area contributed by atoms with Gasteiger partial charge in [0.05, 0.1) is 6.33 Å². The number of halogens is 1. The molecule has 1 aromatic carbocycles. The van der Waals surface area contributed by atoms with Crippen molar-refractivity contribution < 1.29 is 19.0 Å². The Morgan fingerprint density at radius 2 is 2.13 bits per heavy atom. The lowest BCUT2D eigenvalue weighted by molar-refractivity contribution is -0.00144. The second kappa shape index (κ2) is 7.47. The Kier molecular flexibility index (Phi) is 5.39. The van der Waals surface area contributed by atoms with Gasteiger partial charge in [-0.3, -0.25) is 19.6 Å². The molecule has 0 aliphatic rings. The van der Waals surface area contributed by atoms with E-state index >= 15 is 0 Å². The van der Waals surface area contributed by atoms with E-state index in [2.05, 4.69) is 4.98 Å². The van der Waals surface area contributed by atoms with Gasteiger partial charge in [0, 0.05) is 7.05 Å². The molecule has 2 rings (SSSR count). The van der Waals surface area contributed by atoms with Gasteiger partial charge in [-0.25, -0.2) is 4.98 Å². The summed E-state index contributed by atoms with van der Waals surface area (Å²) in [6, 6.07) is 9.03. The number of hydrazine groups is 1. The number of aromatic nitrogens is 2. The van der Waals surface area contributed by atoms with Crippen LogP contribution in [0.1, 0.15) is 16.1 Å². The Bertz CT molecular complexity index is 733. The van der Waals surface area contributed by atoms with Crippen LogP contribution in [-0.4, -0.2) is 27.0 Å². The smallest absolute Gasteiger partial charge is 0.296 e. The number of nitrogens with zero attached hydrogens (tertiary/aromatic N) is 2. The summed E-state index contributed by atoms with van der Waals surface area (Å²) in [5, 5.41) is 8.46. The Hall–Kier alpha value is -2.78. The third kappa shape index (κ3) is 4.34. The van der Waals surface area contributed by atoms with Gasteiger partial charge in [-0.05, 0) is 5.56 Å². The van der Waals surface area contributed by atoms with Crippen molar-refractivity contribution in [2.24, 2.45) is 7.05 Å². The number of alkyl halides is 1. The maximum Gasteiger partial charge on any atom is 0.296 e. The summed E-state index contributed by atoms with van der Waals surface area (Å²) in [6.07, 6.45) is 1.14. The monoisotopic (exact) mass is 322 g/mol. The fraction of sp³-hybridized carbons (Fsp3) is 0.214. The van der Waals surface area contributed by atoms with Crippen molar-refractivity contribution in [1.29, 1.82) is 0 Å². The molecule has 3 N–H and O–H groups in total. The van der Waals surface area contributed by atoms with Crippen LogP contribution in [0.25, 0.3) is 0 Å². The lowest BCUT2D eigenvalue weighted by Gasteiger charge is -2.12. The summed E-state index contributed by atoms with van der Waals surface area (Å²) < 4.78 is 18.9. The Morgan fingerprint density at radius 1 is 1.43 bits per heavy atom. The first kappa shape index (κ1) is 16.6. The average Bonchev–Trinajstić information content (AvgIpc) is 2.55. The highest BCUT2D eigenvalue weighted by Gasteiger charge is 2.19. The van der Waals surface area contributed by atoms with Crippen LogP contribution in [0.15, 0.2) is 41.5 Å². The first-order valence-electron chi connectivity index (χ1n) is 6.59. The van der Waals surface area contributed by atoms with Gasteiger partial charge in [0.15, 0.2) is 5.69 Å². The highest BCUT2D eigenvalue weighted by molar-refractivity contribution is 5.94. The Morgan fingerprint density at radius 3 is 2.78 bits per heavy atom. The number of benzene rings is 1. The molecular weight excluding hydrogens is 307 g/mol. The lowest BCUT2D eigenvalue weighted by atomic mass is 10.2. The topological polar surface area (TPSA) is 105 Å². The largest absolute Gasteiger partial charge is 0.481 e. The molecule has 23 heavy (non-hydrogen) atoms. The second-order valence-corrected chi connectivity index (χ2v) is 4.55. The highest BCUT2D eigenvalue weighted by atomic mass is 19.1. The van der Waals surface area contributed by atoms with Crippen LogP contribution >= 0.6 is 0 Å². The highest BCUT2D eigenvalue weighted by Crippen LogP contribution is 2.12. The molecule has 8 nitrogen and oxygen atoms in total. The van der Waals surface area contributed by atoms with Crippen molar-refractivity contribution >= 4 is 5.91 Å². The molecule has 2 aromatic rings. The van der Waals surface area contributed by atoms with Crippen molar-refractivity contribution in [2.75, 3.05) is 0 Å². The van der Waals surface area contributed by atoms with Gasteiger partial charge in [-0.2, -0.15) is 9.82 Å². The van der Waals surface area contributed by atoms with Crippen LogP contribution in [0, 0.1) is 0 Å². The summed E-state index contributed by atoms with van der Waals surface area (Å²) in [6.45, 7) is -2.39. The predicted octanol–water partition coefficient (Wildman–Crippen LogP) is -0.161. The SMILES string of the molecule is Cn1cnc(C(=O)NNC(O)F)c(OCc2ccccc2)c1=O. The molecule has 1 heterocycles. The molecule has 9 heteroatoms. The lowest BCUT2D eigenvalue weighted by Crippen LogP contribution is -2.43. The molecule has 0 aliphatic heterocycles. The van der Waals surface area contributed by atoms with E-state index in [1.54, 1.807) is 29.7 Å². The number of aliphatic hydroxyl groups excluding tert-OH is 1. The van der Waals surface area contributed by atoms with E-state index in [-0.39, 0.29) is 18.1 Å². The third-order valence-electron chi connectivity index (χ3n) is 2.84. The van der Waals surface area contributed by atoms with Crippen LogP contribution in [0.2, 0.25) is 0 Å². The molecule has 0 spiro atoms. The number of hydrogen-bond donors (Lipinski definition) is 3. The van der Waals surface area contributed by atoms with E-state index in [0.717, 1.165) is 16.5 Å². The number of nitrogens with one attached hydrogen (secondary N) is 2. The zero-order valence-corrected chi connectivity index (χ0v) is 12.2. The van der Waals surface area contributed by atoms with Crippen molar-refractivity contribution in [3.63, 3.8) is 0 Å². The van der Waals surface area contributed by atoms with E-state index in [4.69, 9.17) is 9.84 Å². The van der Waals surface area contributed by atoms with Crippen LogP contribution in [0.5, 0.6) is 5.75 Å². The number of carbonyl (C=O) groups is 1. The number of aryl methyl sites for hydroxylation is 1. The molecule has 0 saturated carbocycles. The standard InChI is InChI=1S/C14H15FN4O4/c1-19-8-16-10(12(20)17-18-14(15)22)11(13(19)21)23-7-9-5-3-2-4-6-9/h2-6,8,14,18,22H,7H2,1H3,(H,17,20). The average molecular weight is 322 g/mol. The maximum atomic E-state index is 12.3. The van der Waals surface area contributed by atoms with Crippen LogP contribution < -0.4 is 21.1 Å². The third-order valence-corrected chi connectivity index (χ3v) is 2.84. The van der Waals surface area contributed by atoms with Crippen molar-refractivity contribution in [1.82, 2.24) is 20.4 Å². The fourth-order valence-electron chi connectivity index (χ4n) is 1.72. The minimum Gasteiger partial charge on any atom is -0.481 e. The number of hydrogen-bond acceptors (Lipinski definition) is 6. The summed E-state index contributed by atoms with van der Waals surface area (Å²) in [7, 11) is 1.45. The Labute approximate surface area is 130 Å². The van der Waals surface area contributed by atoms with Crippen molar-refractivity contribution in [3.05, 3.63) is 58.3 Å². The van der Waals surface area contributed by atoms with E-state index in [1.165, 1.54) is 7.05 Å². The van der Waals surface area contributed by atoms with Crippen molar-refractivity contribution in [3.8, 4) is 5.75 Å². The zero-order valence-electron chi connectivity index (χ0n) is 12.2. The molecule has 0 radical (unpaired) electrons. The summed E-state index contributed by atoms with van der Waals surface area (Å²) in [5.74, 6) is -1.19. The molecule has 1 atom stereocenters. The van der Waals surface area contributed by atoms with Gasteiger partial charge in [-0.1, -0.05) is 30.3 Å². The van der Waals surface area contributed by atoms with Crippen LogP contribution in [0.4, 0.5) is 4.39 Å². The number of amides is 1. The molecular formula is C14H15FN4O4. The predicted molar refractivity (Wildman–Crippen MR) is 78.0 cm³/mol. The number of aliphatic hydroxyl groups is 1. The van der Waals surface area contributed by atoms with Gasteiger partial charge in [-0.15, -0.1) is 0 Å². The van der Waals surface area contributed by atoms with E-state index in [0.29, 0.717) is 0 Å². The van der Waals surface area contributed by atoms with E-state index < -0.39 is 17.9 Å². The molecule has 0 saturated heterocycles.